The third-order valence-corrected chi connectivity index (χ3v) is 2.03. The van der Waals surface area contributed by atoms with Gasteiger partial charge >= 0.3 is 12.0 Å². The number of urea groups is 1. The summed E-state index contributed by atoms with van der Waals surface area (Å²) in [4.78, 5) is 22.0. The van der Waals surface area contributed by atoms with Gasteiger partial charge in [0.25, 0.3) is 0 Å². The molecule has 1 rings (SSSR count). The molecule has 96 valence electrons. The van der Waals surface area contributed by atoms with Crippen molar-refractivity contribution >= 4 is 29.3 Å². The van der Waals surface area contributed by atoms with E-state index in [0.29, 0.717) is 0 Å². The number of halogens is 2. The molecule has 0 radical (unpaired) electrons. The van der Waals surface area contributed by atoms with Crippen LogP contribution >= 0.6 is 11.6 Å². The van der Waals surface area contributed by atoms with Crippen LogP contribution in [0.4, 0.5) is 14.9 Å². The molecule has 0 unspecified atom stereocenters. The lowest BCUT2D eigenvalue weighted by Crippen LogP contribution is -2.29. The number of carboxylic acid groups (broad SMARTS) is 1. The number of nitrogens with one attached hydrogen (secondary N) is 2. The van der Waals surface area contributed by atoms with E-state index in [4.69, 9.17) is 16.7 Å². The molecule has 7 heteroatoms. The number of amides is 2. The normalized spacial score (nSPS) is 9.67. The molecule has 0 bridgehead atoms. The minimum atomic E-state index is -1.41. The summed E-state index contributed by atoms with van der Waals surface area (Å²) >= 11 is 5.45. The number of carbonyl (C=O) groups is 2. The molecule has 0 atom stereocenters. The van der Waals surface area contributed by atoms with Gasteiger partial charge in [-0.3, -0.25) is 0 Å². The van der Waals surface area contributed by atoms with Crippen LogP contribution in [-0.2, 0) is 0 Å². The second kappa shape index (κ2) is 6.02. The number of hydrogen-bond acceptors (Lipinski definition) is 2. The Morgan fingerprint density at radius 3 is 2.67 bits per heavy atom. The van der Waals surface area contributed by atoms with Crippen LogP contribution in [0.2, 0.25) is 0 Å². The summed E-state index contributed by atoms with van der Waals surface area (Å²) in [5.41, 5.74) is -0.360. The molecule has 0 aromatic heterocycles. The van der Waals surface area contributed by atoms with Crippen molar-refractivity contribution in [2.45, 2.75) is 0 Å². The second-order valence-corrected chi connectivity index (χ2v) is 3.86. The van der Waals surface area contributed by atoms with Gasteiger partial charge < -0.3 is 15.7 Å². The predicted molar refractivity (Wildman–Crippen MR) is 65.4 cm³/mol. The van der Waals surface area contributed by atoms with Crippen molar-refractivity contribution < 1.29 is 19.1 Å². The number of anilines is 1. The van der Waals surface area contributed by atoms with E-state index in [-0.39, 0.29) is 17.3 Å². The highest BCUT2D eigenvalue weighted by Crippen LogP contribution is 2.14. The molecule has 0 aliphatic rings. The van der Waals surface area contributed by atoms with Gasteiger partial charge in [0.15, 0.2) is 0 Å². The monoisotopic (exact) mass is 272 g/mol. The smallest absolute Gasteiger partial charge is 0.338 e. The van der Waals surface area contributed by atoms with Gasteiger partial charge in [-0.1, -0.05) is 18.2 Å². The Balaban J connectivity index is 2.73. The van der Waals surface area contributed by atoms with Crippen molar-refractivity contribution in [1.29, 1.82) is 0 Å². The van der Waals surface area contributed by atoms with Crippen LogP contribution < -0.4 is 10.6 Å². The minimum absolute atomic E-state index is 0.0698. The summed E-state index contributed by atoms with van der Waals surface area (Å²) in [6.07, 6.45) is 0. The molecule has 2 amide bonds. The third-order valence-electron chi connectivity index (χ3n) is 1.90. The van der Waals surface area contributed by atoms with Gasteiger partial charge in [-0.2, -0.15) is 0 Å². The molecule has 0 fully saturated rings. The van der Waals surface area contributed by atoms with E-state index in [9.17, 15) is 14.0 Å². The molecule has 0 saturated heterocycles. The molecule has 0 aliphatic carbocycles. The van der Waals surface area contributed by atoms with Crippen molar-refractivity contribution in [3.8, 4) is 0 Å². The van der Waals surface area contributed by atoms with E-state index in [1.807, 2.05) is 0 Å². The zero-order chi connectivity index (χ0) is 13.7. The third kappa shape index (κ3) is 4.06. The van der Waals surface area contributed by atoms with Gasteiger partial charge in [-0.05, 0) is 18.2 Å². The highest BCUT2D eigenvalue weighted by Gasteiger charge is 2.11. The Morgan fingerprint density at radius 1 is 1.44 bits per heavy atom. The molecule has 0 heterocycles. The summed E-state index contributed by atoms with van der Waals surface area (Å²) in [6, 6.07) is 2.63. The number of carbonyl (C=O) groups excluding carboxylic acids is 1. The van der Waals surface area contributed by atoms with E-state index in [2.05, 4.69) is 17.2 Å². The fraction of sp³-hybridized carbons (Fsp3) is 0.0909. The van der Waals surface area contributed by atoms with Gasteiger partial charge in [-0.25, -0.2) is 14.0 Å². The zero-order valence-corrected chi connectivity index (χ0v) is 9.92. The number of benzene rings is 1. The van der Waals surface area contributed by atoms with Crippen molar-refractivity contribution in [3.05, 3.63) is 41.2 Å². The molecule has 1 aromatic carbocycles. The van der Waals surface area contributed by atoms with Crippen LogP contribution in [0.1, 0.15) is 10.4 Å². The Hall–Kier alpha value is -2.08. The Labute approximate surface area is 107 Å². The summed E-state index contributed by atoms with van der Waals surface area (Å²) in [6.45, 7) is 3.45. The number of carboxylic acids is 1. The molecule has 1 aromatic rings. The van der Waals surface area contributed by atoms with E-state index in [1.54, 1.807) is 0 Å². The first-order chi connectivity index (χ1) is 8.40. The summed E-state index contributed by atoms with van der Waals surface area (Å²) in [7, 11) is 0. The molecular formula is C11H10ClFN2O3. The first-order valence-electron chi connectivity index (χ1n) is 4.81. The average molecular weight is 273 g/mol. The standard InChI is InChI=1S/C11H10ClFN2O3/c1-6(12)5-14-11(18)15-7-2-3-9(13)8(4-7)10(16)17/h2-4H,1,5H2,(H,16,17)(H2,14,15,18). The molecule has 0 aliphatic heterocycles. The van der Waals surface area contributed by atoms with Crippen LogP contribution in [-0.4, -0.2) is 23.7 Å². The fourth-order valence-electron chi connectivity index (χ4n) is 1.12. The lowest BCUT2D eigenvalue weighted by molar-refractivity contribution is 0.0692. The molecule has 0 saturated carbocycles. The second-order valence-electron chi connectivity index (χ2n) is 3.32. The van der Waals surface area contributed by atoms with Crippen LogP contribution in [0, 0.1) is 5.82 Å². The highest BCUT2D eigenvalue weighted by molar-refractivity contribution is 6.29. The quantitative estimate of drug-likeness (QED) is 0.787. The summed E-state index contributed by atoms with van der Waals surface area (Å²) in [5, 5.41) is 13.7. The van der Waals surface area contributed by atoms with Gasteiger partial charge in [0.05, 0.1) is 12.1 Å². The largest absolute Gasteiger partial charge is 0.478 e. The number of hydrogen-bond donors (Lipinski definition) is 3. The van der Waals surface area contributed by atoms with Crippen molar-refractivity contribution in [2.24, 2.45) is 0 Å². The topological polar surface area (TPSA) is 78.4 Å². The van der Waals surface area contributed by atoms with Crippen molar-refractivity contribution in [3.63, 3.8) is 0 Å². The first kappa shape index (κ1) is 14.0. The SMILES string of the molecule is C=C(Cl)CNC(=O)Nc1ccc(F)c(C(=O)O)c1. The summed E-state index contributed by atoms with van der Waals surface area (Å²) < 4.78 is 13.1. The van der Waals surface area contributed by atoms with Gasteiger partial charge in [-0.15, -0.1) is 0 Å². The van der Waals surface area contributed by atoms with E-state index < -0.39 is 23.4 Å². The zero-order valence-electron chi connectivity index (χ0n) is 9.17. The molecular weight excluding hydrogens is 263 g/mol. The lowest BCUT2D eigenvalue weighted by atomic mass is 10.2. The van der Waals surface area contributed by atoms with Crippen molar-refractivity contribution in [2.75, 3.05) is 11.9 Å². The van der Waals surface area contributed by atoms with Crippen LogP contribution in [0.3, 0.4) is 0 Å². The lowest BCUT2D eigenvalue weighted by Gasteiger charge is -2.07. The van der Waals surface area contributed by atoms with Crippen LogP contribution in [0.5, 0.6) is 0 Å². The van der Waals surface area contributed by atoms with Crippen molar-refractivity contribution in [1.82, 2.24) is 5.32 Å². The molecule has 0 spiro atoms. The maximum Gasteiger partial charge on any atom is 0.338 e. The predicted octanol–water partition coefficient (Wildman–Crippen LogP) is 2.40. The average Bonchev–Trinajstić information content (AvgIpc) is 2.28. The highest BCUT2D eigenvalue weighted by atomic mass is 35.5. The number of rotatable bonds is 4. The minimum Gasteiger partial charge on any atom is -0.478 e. The van der Waals surface area contributed by atoms with Crippen LogP contribution in [0.15, 0.2) is 29.8 Å². The van der Waals surface area contributed by atoms with Gasteiger partial charge in [0.2, 0.25) is 0 Å². The maximum atomic E-state index is 13.1. The molecule has 5 nitrogen and oxygen atoms in total. The first-order valence-corrected chi connectivity index (χ1v) is 5.19. The Bertz CT molecular complexity index is 505. The molecule has 18 heavy (non-hydrogen) atoms. The van der Waals surface area contributed by atoms with E-state index in [1.165, 1.54) is 6.07 Å². The maximum absolute atomic E-state index is 13.1. The molecule has 3 N–H and O–H groups in total. The van der Waals surface area contributed by atoms with E-state index >= 15 is 0 Å². The van der Waals surface area contributed by atoms with E-state index in [0.717, 1.165) is 12.1 Å². The number of aromatic carboxylic acids is 1. The summed E-state index contributed by atoms with van der Waals surface area (Å²) in [5.74, 6) is -2.28. The fourth-order valence-corrected chi connectivity index (χ4v) is 1.19. The van der Waals surface area contributed by atoms with Crippen LogP contribution in [0.25, 0.3) is 0 Å². The Kier molecular flexibility index (Phi) is 4.67. The van der Waals surface area contributed by atoms with Gasteiger partial charge in [0.1, 0.15) is 5.82 Å². The van der Waals surface area contributed by atoms with Gasteiger partial charge in [0, 0.05) is 10.7 Å². The Morgan fingerprint density at radius 2 is 2.11 bits per heavy atom.